The Labute approximate surface area is 169 Å². The molecule has 0 saturated carbocycles. The molecule has 154 valence electrons. The molecule has 1 saturated heterocycles. The van der Waals surface area contributed by atoms with E-state index in [1.165, 1.54) is 0 Å². The van der Waals surface area contributed by atoms with Gasteiger partial charge in [-0.05, 0) is 44.8 Å². The van der Waals surface area contributed by atoms with Crippen LogP contribution < -0.4 is 10.1 Å². The molecule has 2 N–H and O–H groups in total. The molecule has 0 amide bonds. The monoisotopic (exact) mass is 398 g/mol. The number of aromatic nitrogens is 5. The number of methoxy groups -OCH3 is 1. The smallest absolute Gasteiger partial charge is 0.225 e. The normalized spacial score (nSPS) is 18.4. The van der Waals surface area contributed by atoms with Crippen molar-refractivity contribution in [2.75, 3.05) is 46.2 Å². The van der Waals surface area contributed by atoms with E-state index >= 15 is 0 Å². The van der Waals surface area contributed by atoms with Crippen LogP contribution in [0.1, 0.15) is 6.42 Å². The molecular weight excluding hydrogens is 372 g/mol. The molecule has 2 aromatic heterocycles. The summed E-state index contributed by atoms with van der Waals surface area (Å²) in [5, 5.41) is 22.1. The molecule has 1 aromatic carbocycles. The van der Waals surface area contributed by atoms with E-state index in [4.69, 9.17) is 4.74 Å². The van der Waals surface area contributed by atoms with Crippen molar-refractivity contribution in [2.45, 2.75) is 18.7 Å². The Balaban J connectivity index is 1.49. The van der Waals surface area contributed by atoms with E-state index in [1.54, 1.807) is 18.0 Å². The molecule has 1 fully saturated rings. The fraction of sp³-hybridized carbons (Fsp3) is 0.474. The van der Waals surface area contributed by atoms with E-state index in [2.05, 4.69) is 30.5 Å². The molecule has 10 nitrogen and oxygen atoms in total. The summed E-state index contributed by atoms with van der Waals surface area (Å²) in [5.74, 6) is 1.31. The van der Waals surface area contributed by atoms with Crippen molar-refractivity contribution in [3.8, 4) is 11.4 Å². The standard InChI is InChI=1S/C19H26N8O2/c1-25(2)12-17(28)26-9-8-13(11-26)21-19-20-10-16-18(22-19)27(24-23-16)14-4-6-15(29-3)7-5-14/h4-7,10,13,17,28H,8-9,11-12H2,1-3H3,(H,20,21,22). The Bertz CT molecular complexity index is 959. The lowest BCUT2D eigenvalue weighted by Gasteiger charge is -2.25. The number of hydrogen-bond donors (Lipinski definition) is 2. The van der Waals surface area contributed by atoms with Gasteiger partial charge in [0.1, 0.15) is 12.0 Å². The SMILES string of the molecule is COc1ccc(-n2nnc3cnc(NC4CCN(C(O)CN(C)C)C4)nc32)cc1. The van der Waals surface area contributed by atoms with Crippen LogP contribution in [0.15, 0.2) is 30.5 Å². The van der Waals surface area contributed by atoms with E-state index < -0.39 is 6.23 Å². The Morgan fingerprint density at radius 3 is 2.83 bits per heavy atom. The number of nitrogens with one attached hydrogen (secondary N) is 1. The number of benzene rings is 1. The fourth-order valence-corrected chi connectivity index (χ4v) is 3.50. The van der Waals surface area contributed by atoms with Gasteiger partial charge in [0, 0.05) is 25.7 Å². The van der Waals surface area contributed by atoms with Gasteiger partial charge in [-0.2, -0.15) is 9.67 Å². The van der Waals surface area contributed by atoms with Crippen LogP contribution in [-0.2, 0) is 0 Å². The van der Waals surface area contributed by atoms with Crippen molar-refractivity contribution in [3.05, 3.63) is 30.5 Å². The molecule has 4 rings (SSSR count). The number of hydrogen-bond acceptors (Lipinski definition) is 9. The molecule has 3 heterocycles. The molecule has 29 heavy (non-hydrogen) atoms. The van der Waals surface area contributed by atoms with E-state index in [-0.39, 0.29) is 6.04 Å². The van der Waals surface area contributed by atoms with Gasteiger partial charge in [0.15, 0.2) is 11.2 Å². The van der Waals surface area contributed by atoms with Gasteiger partial charge in [0.2, 0.25) is 5.95 Å². The lowest BCUT2D eigenvalue weighted by Crippen LogP contribution is -2.41. The van der Waals surface area contributed by atoms with Crippen LogP contribution in [0.2, 0.25) is 0 Å². The first-order chi connectivity index (χ1) is 14.0. The van der Waals surface area contributed by atoms with Gasteiger partial charge in [-0.25, -0.2) is 4.98 Å². The highest BCUT2D eigenvalue weighted by Gasteiger charge is 2.28. The van der Waals surface area contributed by atoms with Gasteiger partial charge in [-0.1, -0.05) is 5.21 Å². The summed E-state index contributed by atoms with van der Waals surface area (Å²) in [6, 6.07) is 7.73. The fourth-order valence-electron chi connectivity index (χ4n) is 3.50. The zero-order valence-corrected chi connectivity index (χ0v) is 16.9. The zero-order valence-electron chi connectivity index (χ0n) is 16.9. The number of likely N-dealkylation sites (tertiary alicyclic amines) is 1. The van der Waals surface area contributed by atoms with Crippen molar-refractivity contribution in [1.82, 2.24) is 34.8 Å². The first-order valence-corrected chi connectivity index (χ1v) is 9.60. The largest absolute Gasteiger partial charge is 0.497 e. The summed E-state index contributed by atoms with van der Waals surface area (Å²) in [5.41, 5.74) is 2.10. The van der Waals surface area contributed by atoms with Crippen LogP contribution >= 0.6 is 0 Å². The highest BCUT2D eigenvalue weighted by Crippen LogP contribution is 2.20. The average Bonchev–Trinajstić information content (AvgIpc) is 3.34. The third-order valence-corrected chi connectivity index (χ3v) is 5.01. The minimum absolute atomic E-state index is 0.176. The van der Waals surface area contributed by atoms with Crippen molar-refractivity contribution in [1.29, 1.82) is 0 Å². The molecule has 0 aliphatic carbocycles. The number of fused-ring (bicyclic) bond motifs is 1. The van der Waals surface area contributed by atoms with Crippen molar-refractivity contribution >= 4 is 17.1 Å². The van der Waals surface area contributed by atoms with Gasteiger partial charge in [0.25, 0.3) is 0 Å². The maximum Gasteiger partial charge on any atom is 0.225 e. The molecule has 2 atom stereocenters. The quantitative estimate of drug-likeness (QED) is 0.591. The summed E-state index contributed by atoms with van der Waals surface area (Å²) in [7, 11) is 5.55. The van der Waals surface area contributed by atoms with Crippen LogP contribution in [0, 0.1) is 0 Å². The maximum absolute atomic E-state index is 10.3. The molecule has 3 aromatic rings. The lowest BCUT2D eigenvalue weighted by molar-refractivity contribution is 0.00187. The number of anilines is 1. The minimum atomic E-state index is -0.471. The minimum Gasteiger partial charge on any atom is -0.497 e. The predicted octanol–water partition coefficient (Wildman–Crippen LogP) is 0.585. The number of aliphatic hydroxyl groups excluding tert-OH is 1. The summed E-state index contributed by atoms with van der Waals surface area (Å²) in [4.78, 5) is 13.1. The maximum atomic E-state index is 10.3. The Hall–Kier alpha value is -2.82. The van der Waals surface area contributed by atoms with Gasteiger partial charge < -0.3 is 20.1 Å². The third kappa shape index (κ3) is 4.29. The number of rotatable bonds is 7. The van der Waals surface area contributed by atoms with Crippen molar-refractivity contribution in [2.24, 2.45) is 0 Å². The van der Waals surface area contributed by atoms with Crippen LogP contribution in [-0.4, -0.2) is 93.0 Å². The number of ether oxygens (including phenoxy) is 1. The van der Waals surface area contributed by atoms with Crippen LogP contribution in [0.5, 0.6) is 5.75 Å². The first kappa shape index (κ1) is 19.5. The van der Waals surface area contributed by atoms with E-state index in [0.29, 0.717) is 23.7 Å². The highest BCUT2D eigenvalue weighted by molar-refractivity contribution is 5.72. The first-order valence-electron chi connectivity index (χ1n) is 9.60. The molecule has 1 aliphatic rings. The summed E-state index contributed by atoms with van der Waals surface area (Å²) < 4.78 is 6.89. The van der Waals surface area contributed by atoms with E-state index in [1.807, 2.05) is 43.3 Å². The Morgan fingerprint density at radius 2 is 2.10 bits per heavy atom. The van der Waals surface area contributed by atoms with Crippen LogP contribution in [0.25, 0.3) is 16.9 Å². The third-order valence-electron chi connectivity index (χ3n) is 5.01. The highest BCUT2D eigenvalue weighted by atomic mass is 16.5. The number of nitrogens with zero attached hydrogens (tertiary/aromatic N) is 7. The van der Waals surface area contributed by atoms with Crippen LogP contribution in [0.4, 0.5) is 5.95 Å². The molecule has 1 aliphatic heterocycles. The molecule has 2 unspecified atom stereocenters. The second-order valence-electron chi connectivity index (χ2n) is 7.47. The zero-order chi connectivity index (χ0) is 20.4. The Kier molecular flexibility index (Phi) is 5.56. The van der Waals surface area contributed by atoms with Crippen LogP contribution in [0.3, 0.4) is 0 Å². The molecular formula is C19H26N8O2. The van der Waals surface area contributed by atoms with E-state index in [9.17, 15) is 5.11 Å². The molecule has 0 bridgehead atoms. The molecule has 0 spiro atoms. The average molecular weight is 398 g/mol. The van der Waals surface area contributed by atoms with Gasteiger partial charge in [0.05, 0.1) is 19.0 Å². The van der Waals surface area contributed by atoms with Crippen molar-refractivity contribution in [3.63, 3.8) is 0 Å². The summed E-state index contributed by atoms with van der Waals surface area (Å²) in [6.45, 7) is 2.19. The summed E-state index contributed by atoms with van der Waals surface area (Å²) >= 11 is 0. The van der Waals surface area contributed by atoms with Gasteiger partial charge >= 0.3 is 0 Å². The van der Waals surface area contributed by atoms with Crippen molar-refractivity contribution < 1.29 is 9.84 Å². The molecule has 0 radical (unpaired) electrons. The molecule has 10 heteroatoms. The topological polar surface area (TPSA) is 104 Å². The van der Waals surface area contributed by atoms with E-state index in [0.717, 1.165) is 30.9 Å². The second kappa shape index (κ2) is 8.27. The van der Waals surface area contributed by atoms with Gasteiger partial charge in [-0.3, -0.25) is 4.90 Å². The summed E-state index contributed by atoms with van der Waals surface area (Å²) in [6.07, 6.45) is 2.12. The lowest BCUT2D eigenvalue weighted by atomic mass is 10.3. The second-order valence-corrected chi connectivity index (χ2v) is 7.47. The number of aliphatic hydroxyl groups is 1. The van der Waals surface area contributed by atoms with Gasteiger partial charge in [-0.15, -0.1) is 5.10 Å². The predicted molar refractivity (Wildman–Crippen MR) is 109 cm³/mol. The Morgan fingerprint density at radius 1 is 1.31 bits per heavy atom. The number of likely N-dealkylation sites (N-methyl/N-ethyl adjacent to an activating group) is 1.